The van der Waals surface area contributed by atoms with Crippen LogP contribution in [0.1, 0.15) is 5.89 Å². The molecular formula is C20H15N3O7. The van der Waals surface area contributed by atoms with Crippen LogP contribution in [0.5, 0.6) is 5.75 Å². The number of carbonyl (C=O) groups is 2. The lowest BCUT2D eigenvalue weighted by Gasteiger charge is -2.28. The summed E-state index contributed by atoms with van der Waals surface area (Å²) in [7, 11) is 0. The first-order valence-electron chi connectivity index (χ1n) is 8.88. The Morgan fingerprint density at radius 1 is 1.23 bits per heavy atom. The predicted octanol–water partition coefficient (Wildman–Crippen LogP) is 2.72. The molecule has 30 heavy (non-hydrogen) atoms. The Labute approximate surface area is 169 Å². The molecule has 1 amide bonds. The molecule has 2 aromatic carbocycles. The minimum Gasteiger partial charge on any atom is -0.482 e. The summed E-state index contributed by atoms with van der Waals surface area (Å²) in [6.45, 7) is -0.924. The summed E-state index contributed by atoms with van der Waals surface area (Å²) in [4.78, 5) is 40.1. The number of nitro benzene ring substituents is 1. The third kappa shape index (κ3) is 3.97. The van der Waals surface area contributed by atoms with Gasteiger partial charge in [0.25, 0.3) is 11.6 Å². The van der Waals surface area contributed by atoms with Gasteiger partial charge in [0, 0.05) is 17.7 Å². The van der Waals surface area contributed by atoms with E-state index < -0.39 is 23.3 Å². The molecular weight excluding hydrogens is 394 g/mol. The molecule has 0 atom stereocenters. The van der Waals surface area contributed by atoms with Gasteiger partial charge in [-0.15, -0.1) is 0 Å². The van der Waals surface area contributed by atoms with Crippen molar-refractivity contribution < 1.29 is 28.4 Å². The van der Waals surface area contributed by atoms with Gasteiger partial charge < -0.3 is 13.9 Å². The van der Waals surface area contributed by atoms with Gasteiger partial charge in [0.2, 0.25) is 5.89 Å². The maximum Gasteiger partial charge on any atom is 0.326 e. The first-order valence-corrected chi connectivity index (χ1v) is 8.88. The number of ether oxygens (including phenoxy) is 2. The van der Waals surface area contributed by atoms with Crippen LogP contribution in [-0.4, -0.2) is 34.9 Å². The van der Waals surface area contributed by atoms with Crippen molar-refractivity contribution >= 4 is 23.3 Å². The highest BCUT2D eigenvalue weighted by Crippen LogP contribution is 2.35. The van der Waals surface area contributed by atoms with Gasteiger partial charge in [-0.2, -0.15) is 0 Å². The van der Waals surface area contributed by atoms with Crippen LogP contribution in [-0.2, 0) is 20.9 Å². The molecule has 3 aromatic rings. The number of nitrogens with zero attached hydrogens (tertiary/aromatic N) is 3. The number of amides is 1. The first-order chi connectivity index (χ1) is 14.5. The maximum atomic E-state index is 12.3. The fourth-order valence-corrected chi connectivity index (χ4v) is 2.91. The lowest BCUT2D eigenvalue weighted by molar-refractivity contribution is -0.384. The number of aromatic nitrogens is 1. The van der Waals surface area contributed by atoms with Crippen LogP contribution >= 0.6 is 0 Å². The molecule has 0 fully saturated rings. The quantitative estimate of drug-likeness (QED) is 0.346. The van der Waals surface area contributed by atoms with Crippen LogP contribution in [0.4, 0.5) is 11.4 Å². The molecule has 1 aliphatic rings. The smallest absolute Gasteiger partial charge is 0.326 e. The van der Waals surface area contributed by atoms with Gasteiger partial charge in [0.15, 0.2) is 19.0 Å². The van der Waals surface area contributed by atoms with Gasteiger partial charge in [0.1, 0.15) is 12.3 Å². The molecule has 0 N–H and O–H groups in total. The highest BCUT2D eigenvalue weighted by atomic mass is 16.6. The number of oxazole rings is 1. The molecule has 4 rings (SSSR count). The predicted molar refractivity (Wildman–Crippen MR) is 103 cm³/mol. The molecule has 10 heteroatoms. The standard InChI is InChI=1S/C20H15N3O7/c24-19-12-28-16-7-6-14(23(26)27)8-15(16)22(19)10-20(25)29-11-18-21-9-17(30-18)13-4-2-1-3-5-13/h1-9H,10-12H2. The van der Waals surface area contributed by atoms with Gasteiger partial charge in [-0.3, -0.25) is 24.6 Å². The highest BCUT2D eigenvalue weighted by molar-refractivity contribution is 6.01. The van der Waals surface area contributed by atoms with Crippen molar-refractivity contribution in [2.75, 3.05) is 18.1 Å². The van der Waals surface area contributed by atoms with E-state index in [0.717, 1.165) is 10.5 Å². The molecule has 0 spiro atoms. The number of non-ortho nitro benzene ring substituents is 1. The fraction of sp³-hybridized carbons (Fsp3) is 0.150. The van der Waals surface area contributed by atoms with Crippen molar-refractivity contribution in [2.45, 2.75) is 6.61 Å². The maximum absolute atomic E-state index is 12.3. The van der Waals surface area contributed by atoms with E-state index >= 15 is 0 Å². The summed E-state index contributed by atoms with van der Waals surface area (Å²) in [6, 6.07) is 13.1. The van der Waals surface area contributed by atoms with E-state index in [9.17, 15) is 19.7 Å². The Hall–Kier alpha value is -4.21. The Morgan fingerprint density at radius 2 is 2.03 bits per heavy atom. The topological polar surface area (TPSA) is 125 Å². The molecule has 0 aliphatic carbocycles. The molecule has 0 radical (unpaired) electrons. The van der Waals surface area contributed by atoms with Gasteiger partial charge in [-0.05, 0) is 6.07 Å². The van der Waals surface area contributed by atoms with Gasteiger partial charge in [-0.1, -0.05) is 30.3 Å². The van der Waals surface area contributed by atoms with Crippen molar-refractivity contribution in [2.24, 2.45) is 0 Å². The number of hydrogen-bond acceptors (Lipinski definition) is 8. The Kier molecular flexibility index (Phi) is 5.12. The van der Waals surface area contributed by atoms with Crippen LogP contribution in [0.2, 0.25) is 0 Å². The normalized spacial score (nSPS) is 12.8. The zero-order valence-electron chi connectivity index (χ0n) is 15.5. The van der Waals surface area contributed by atoms with E-state index in [1.165, 1.54) is 24.4 Å². The van der Waals surface area contributed by atoms with E-state index in [4.69, 9.17) is 13.9 Å². The monoisotopic (exact) mass is 409 g/mol. The lowest BCUT2D eigenvalue weighted by atomic mass is 10.2. The molecule has 152 valence electrons. The van der Waals surface area contributed by atoms with Crippen LogP contribution in [0.15, 0.2) is 59.1 Å². The van der Waals surface area contributed by atoms with E-state index in [-0.39, 0.29) is 36.2 Å². The van der Waals surface area contributed by atoms with Gasteiger partial charge >= 0.3 is 5.97 Å². The molecule has 1 aliphatic heterocycles. The number of benzene rings is 2. The van der Waals surface area contributed by atoms with E-state index in [0.29, 0.717) is 5.76 Å². The zero-order chi connectivity index (χ0) is 21.1. The SMILES string of the molecule is O=C(CN1C(=O)COc2ccc([N+](=O)[O-])cc21)OCc1ncc(-c2ccccc2)o1. The zero-order valence-corrected chi connectivity index (χ0v) is 15.5. The number of fused-ring (bicyclic) bond motifs is 1. The summed E-state index contributed by atoms with van der Waals surface area (Å²) in [5.74, 6) is -0.226. The molecule has 1 aromatic heterocycles. The number of nitro groups is 1. The van der Waals surface area contributed by atoms with Crippen LogP contribution in [0, 0.1) is 10.1 Å². The van der Waals surface area contributed by atoms with Crippen LogP contribution < -0.4 is 9.64 Å². The number of hydrogen-bond donors (Lipinski definition) is 0. The highest BCUT2D eigenvalue weighted by Gasteiger charge is 2.29. The van der Waals surface area contributed by atoms with Crippen molar-refractivity contribution in [3.05, 3.63) is 70.7 Å². The Bertz CT molecular complexity index is 1110. The summed E-state index contributed by atoms with van der Waals surface area (Å²) in [5.41, 5.74) is 0.748. The second-order valence-corrected chi connectivity index (χ2v) is 6.32. The minimum atomic E-state index is -0.720. The third-order valence-electron chi connectivity index (χ3n) is 4.35. The van der Waals surface area contributed by atoms with Crippen molar-refractivity contribution in [1.82, 2.24) is 4.98 Å². The first kappa shape index (κ1) is 19.1. The van der Waals surface area contributed by atoms with Crippen LogP contribution in [0.25, 0.3) is 11.3 Å². The van der Waals surface area contributed by atoms with Crippen molar-refractivity contribution in [3.63, 3.8) is 0 Å². The van der Waals surface area contributed by atoms with Gasteiger partial charge in [-0.25, -0.2) is 4.98 Å². The lowest BCUT2D eigenvalue weighted by Crippen LogP contribution is -2.42. The second-order valence-electron chi connectivity index (χ2n) is 6.32. The molecule has 0 saturated heterocycles. The summed E-state index contributed by atoms with van der Waals surface area (Å²) >= 11 is 0. The molecule has 2 heterocycles. The van der Waals surface area contributed by atoms with Gasteiger partial charge in [0.05, 0.1) is 16.8 Å². The molecule has 0 unspecified atom stereocenters. The average Bonchev–Trinajstić information content (AvgIpc) is 3.24. The minimum absolute atomic E-state index is 0.139. The summed E-state index contributed by atoms with van der Waals surface area (Å²) in [5, 5.41) is 11.0. The molecule has 10 nitrogen and oxygen atoms in total. The van der Waals surface area contributed by atoms with Crippen molar-refractivity contribution in [1.29, 1.82) is 0 Å². The van der Waals surface area contributed by atoms with Crippen LogP contribution in [0.3, 0.4) is 0 Å². The summed E-state index contributed by atoms with van der Waals surface area (Å²) < 4.78 is 16.0. The number of rotatable bonds is 6. The fourth-order valence-electron chi connectivity index (χ4n) is 2.91. The Balaban J connectivity index is 1.42. The summed E-state index contributed by atoms with van der Waals surface area (Å²) in [6.07, 6.45) is 1.53. The van der Waals surface area contributed by atoms with E-state index in [2.05, 4.69) is 4.98 Å². The number of carbonyl (C=O) groups excluding carboxylic acids is 2. The second kappa shape index (κ2) is 8.03. The Morgan fingerprint density at radius 3 is 2.80 bits per heavy atom. The third-order valence-corrected chi connectivity index (χ3v) is 4.35. The number of anilines is 1. The molecule has 0 bridgehead atoms. The van der Waals surface area contributed by atoms with E-state index in [1.807, 2.05) is 30.3 Å². The van der Waals surface area contributed by atoms with Crippen molar-refractivity contribution in [3.8, 4) is 17.1 Å². The van der Waals surface area contributed by atoms with E-state index in [1.54, 1.807) is 0 Å². The average molecular weight is 409 g/mol. The molecule has 0 saturated carbocycles. The number of esters is 1. The largest absolute Gasteiger partial charge is 0.482 e.